The Morgan fingerprint density at radius 2 is 1.75 bits per heavy atom. The molecule has 5 rings (SSSR count). The van der Waals surface area contributed by atoms with E-state index in [1.807, 2.05) is 24.3 Å². The summed E-state index contributed by atoms with van der Waals surface area (Å²) in [6, 6.07) is 14.5. The molecule has 0 atom stereocenters. The maximum Gasteiger partial charge on any atom is 0.340 e. The monoisotopic (exact) mass is 372 g/mol. The van der Waals surface area contributed by atoms with Crippen LogP contribution in [0.4, 0.5) is 0 Å². The zero-order valence-electron chi connectivity index (χ0n) is 15.0. The van der Waals surface area contributed by atoms with Crippen LogP contribution in [-0.2, 0) is 24.3 Å². The van der Waals surface area contributed by atoms with Gasteiger partial charge in [-0.25, -0.2) is 4.79 Å². The van der Waals surface area contributed by atoms with E-state index in [1.165, 1.54) is 0 Å². The van der Waals surface area contributed by atoms with Crippen molar-refractivity contribution >= 4 is 27.8 Å². The highest BCUT2D eigenvalue weighted by Gasteiger charge is 2.24. The van der Waals surface area contributed by atoms with E-state index in [9.17, 15) is 9.59 Å². The molecule has 0 fully saturated rings. The van der Waals surface area contributed by atoms with Crippen LogP contribution in [0.1, 0.15) is 28.0 Å². The van der Waals surface area contributed by atoms with Crippen molar-refractivity contribution in [3.8, 4) is 0 Å². The molecule has 4 aromatic rings. The van der Waals surface area contributed by atoms with Gasteiger partial charge in [0.1, 0.15) is 5.52 Å². The Morgan fingerprint density at radius 1 is 1.00 bits per heavy atom. The first-order valence-corrected chi connectivity index (χ1v) is 9.12. The summed E-state index contributed by atoms with van der Waals surface area (Å²) in [5, 5.41) is 9.09. The predicted molar refractivity (Wildman–Crippen MR) is 103 cm³/mol. The minimum atomic E-state index is -0.474. The van der Waals surface area contributed by atoms with Crippen molar-refractivity contribution in [2.75, 3.05) is 0 Å². The van der Waals surface area contributed by atoms with E-state index in [-0.39, 0.29) is 12.3 Å². The molecule has 1 aliphatic rings. The van der Waals surface area contributed by atoms with E-state index in [2.05, 4.69) is 15.3 Å². The van der Waals surface area contributed by atoms with Crippen molar-refractivity contribution in [1.29, 1.82) is 0 Å². The zero-order chi connectivity index (χ0) is 19.1. The summed E-state index contributed by atoms with van der Waals surface area (Å²) in [5.74, 6) is -0.474. The molecule has 7 heteroatoms. The van der Waals surface area contributed by atoms with E-state index < -0.39 is 5.97 Å². The van der Waals surface area contributed by atoms with Crippen molar-refractivity contribution in [3.63, 3.8) is 0 Å². The second-order valence-corrected chi connectivity index (χ2v) is 6.75. The third-order valence-corrected chi connectivity index (χ3v) is 5.07. The Kier molecular flexibility index (Phi) is 3.86. The summed E-state index contributed by atoms with van der Waals surface area (Å²) in [5.41, 5.74) is 3.38. The van der Waals surface area contributed by atoms with Crippen molar-refractivity contribution in [2.24, 2.45) is 0 Å². The first-order valence-electron chi connectivity index (χ1n) is 9.12. The highest BCUT2D eigenvalue weighted by Crippen LogP contribution is 2.30. The van der Waals surface area contributed by atoms with E-state index in [1.54, 1.807) is 24.3 Å². The van der Waals surface area contributed by atoms with Gasteiger partial charge in [0.25, 0.3) is 5.56 Å². The minimum absolute atomic E-state index is 0.291. The van der Waals surface area contributed by atoms with Gasteiger partial charge in [0.05, 0.1) is 16.5 Å². The number of hydrogen-bond donors (Lipinski definition) is 0. The molecule has 2 aromatic heterocycles. The quantitative estimate of drug-likeness (QED) is 0.514. The largest absolute Gasteiger partial charge is 0.439 e. The van der Waals surface area contributed by atoms with Gasteiger partial charge in [0.15, 0.2) is 6.73 Å². The number of esters is 1. The lowest BCUT2D eigenvalue weighted by atomic mass is 10.0. The molecular formula is C21H16N4O3. The number of hydrogen-bond acceptors (Lipinski definition) is 6. The molecule has 0 spiro atoms. The molecule has 0 saturated heterocycles. The fourth-order valence-corrected chi connectivity index (χ4v) is 3.74. The van der Waals surface area contributed by atoms with Gasteiger partial charge in [0.2, 0.25) is 0 Å². The van der Waals surface area contributed by atoms with E-state index in [0.717, 1.165) is 46.1 Å². The number of rotatable bonds is 3. The van der Waals surface area contributed by atoms with Crippen LogP contribution < -0.4 is 5.56 Å². The van der Waals surface area contributed by atoms with Gasteiger partial charge in [-0.1, -0.05) is 35.5 Å². The maximum atomic E-state index is 13.0. The minimum Gasteiger partial charge on any atom is -0.439 e. The maximum absolute atomic E-state index is 13.0. The van der Waals surface area contributed by atoms with Crippen LogP contribution in [0.3, 0.4) is 0 Å². The second-order valence-electron chi connectivity index (χ2n) is 6.75. The van der Waals surface area contributed by atoms with Crippen LogP contribution in [0.2, 0.25) is 0 Å². The molecule has 0 radical (unpaired) electrons. The normalized spacial score (nSPS) is 13.0. The van der Waals surface area contributed by atoms with Crippen LogP contribution in [0.15, 0.2) is 53.3 Å². The van der Waals surface area contributed by atoms with Crippen molar-refractivity contribution in [1.82, 2.24) is 20.0 Å². The molecule has 138 valence electrons. The van der Waals surface area contributed by atoms with E-state index >= 15 is 0 Å². The molecule has 0 N–H and O–H groups in total. The van der Waals surface area contributed by atoms with Crippen LogP contribution in [0, 0.1) is 0 Å². The van der Waals surface area contributed by atoms with E-state index in [0.29, 0.717) is 16.5 Å². The number of ether oxygens (including phenoxy) is 1. The number of benzene rings is 2. The SMILES string of the molecule is O=C(OCn1nnc2ccccc2c1=O)c1c2c(nc3ccccc13)CCC2. The lowest BCUT2D eigenvalue weighted by Crippen LogP contribution is -2.26. The smallest absolute Gasteiger partial charge is 0.340 e. The Labute approximate surface area is 159 Å². The van der Waals surface area contributed by atoms with Crippen molar-refractivity contribution in [2.45, 2.75) is 26.0 Å². The summed E-state index contributed by atoms with van der Waals surface area (Å²) in [4.78, 5) is 30.2. The van der Waals surface area contributed by atoms with Gasteiger partial charge in [-0.05, 0) is 43.0 Å². The fraction of sp³-hybridized carbons (Fsp3) is 0.190. The number of aryl methyl sites for hydroxylation is 1. The van der Waals surface area contributed by atoms with Gasteiger partial charge in [-0.15, -0.1) is 5.10 Å². The fourth-order valence-electron chi connectivity index (χ4n) is 3.74. The molecule has 1 aliphatic carbocycles. The number of fused-ring (bicyclic) bond motifs is 3. The molecule has 2 heterocycles. The third-order valence-electron chi connectivity index (χ3n) is 5.07. The lowest BCUT2D eigenvalue weighted by Gasteiger charge is -2.12. The number of para-hydroxylation sites is 1. The zero-order valence-corrected chi connectivity index (χ0v) is 15.0. The van der Waals surface area contributed by atoms with Gasteiger partial charge < -0.3 is 4.74 Å². The van der Waals surface area contributed by atoms with Gasteiger partial charge in [0, 0.05) is 11.1 Å². The van der Waals surface area contributed by atoms with Gasteiger partial charge >= 0.3 is 5.97 Å². The Hall–Kier alpha value is -3.61. The number of carbonyl (C=O) groups excluding carboxylic acids is 1. The van der Waals surface area contributed by atoms with Gasteiger partial charge in [-0.3, -0.25) is 9.78 Å². The van der Waals surface area contributed by atoms with Crippen LogP contribution in [0.25, 0.3) is 21.8 Å². The number of carbonyl (C=O) groups is 1. The Morgan fingerprint density at radius 3 is 2.61 bits per heavy atom. The summed E-state index contributed by atoms with van der Waals surface area (Å²) < 4.78 is 6.53. The first kappa shape index (κ1) is 16.6. The van der Waals surface area contributed by atoms with Crippen molar-refractivity contribution < 1.29 is 9.53 Å². The number of nitrogens with zero attached hydrogens (tertiary/aromatic N) is 4. The summed E-state index contributed by atoms with van der Waals surface area (Å²) >= 11 is 0. The predicted octanol–water partition coefficient (Wildman–Crippen LogP) is 2.64. The van der Waals surface area contributed by atoms with Crippen molar-refractivity contribution in [3.05, 3.63) is 75.7 Å². The molecule has 0 amide bonds. The van der Waals surface area contributed by atoms with E-state index in [4.69, 9.17) is 4.74 Å². The third kappa shape index (κ3) is 2.63. The molecule has 0 bridgehead atoms. The Balaban J connectivity index is 1.50. The number of aromatic nitrogens is 4. The second kappa shape index (κ2) is 6.53. The molecular weight excluding hydrogens is 356 g/mol. The highest BCUT2D eigenvalue weighted by molar-refractivity contribution is 6.05. The first-order chi connectivity index (χ1) is 13.7. The molecule has 0 saturated carbocycles. The average Bonchev–Trinajstić information content (AvgIpc) is 3.19. The van der Waals surface area contributed by atoms with Crippen LogP contribution >= 0.6 is 0 Å². The summed E-state index contributed by atoms with van der Waals surface area (Å²) in [7, 11) is 0. The highest BCUT2D eigenvalue weighted by atomic mass is 16.5. The average molecular weight is 372 g/mol. The van der Waals surface area contributed by atoms with Crippen LogP contribution in [0.5, 0.6) is 0 Å². The summed E-state index contributed by atoms with van der Waals surface area (Å²) in [6.07, 6.45) is 2.62. The van der Waals surface area contributed by atoms with Crippen LogP contribution in [-0.4, -0.2) is 25.9 Å². The topological polar surface area (TPSA) is 87.0 Å². The molecule has 7 nitrogen and oxygen atoms in total. The standard InChI is InChI=1S/C21H16N4O3/c26-20-15-7-2-4-10-18(15)23-24-25(20)12-28-21(27)19-13-6-1-3-9-16(13)22-17-11-5-8-14(17)19/h1-4,6-7,9-10H,5,8,11-12H2. The molecule has 0 unspecified atom stereocenters. The van der Waals surface area contributed by atoms with Gasteiger partial charge in [-0.2, -0.15) is 4.68 Å². The Bertz CT molecular complexity index is 1300. The summed E-state index contributed by atoms with van der Waals surface area (Å²) in [6.45, 7) is -0.291. The molecule has 28 heavy (non-hydrogen) atoms. The molecule has 2 aromatic carbocycles. The lowest BCUT2D eigenvalue weighted by molar-refractivity contribution is 0.0337. The molecule has 0 aliphatic heterocycles. The number of pyridine rings is 1.